The molecule has 0 aliphatic rings. The van der Waals surface area contributed by atoms with Gasteiger partial charge in [0.1, 0.15) is 23.2 Å². The van der Waals surface area contributed by atoms with Crippen LogP contribution in [0, 0.1) is 0 Å². The van der Waals surface area contributed by atoms with Crippen LogP contribution in [0.1, 0.15) is 79.1 Å². The molecule has 0 spiro atoms. The van der Waals surface area contributed by atoms with Gasteiger partial charge >= 0.3 is 0 Å². The third-order valence-electron chi connectivity index (χ3n) is 8.21. The van der Waals surface area contributed by atoms with Gasteiger partial charge in [0, 0.05) is 6.42 Å². The van der Waals surface area contributed by atoms with E-state index in [2.05, 4.69) is 132 Å². The van der Waals surface area contributed by atoms with Gasteiger partial charge in [0.2, 0.25) is 0 Å². The minimum atomic E-state index is -2.08. The molecule has 4 heteroatoms. The first-order valence-corrected chi connectivity index (χ1v) is 19.2. The third-order valence-corrected chi connectivity index (χ3v) is 17.5. The summed E-state index contributed by atoms with van der Waals surface area (Å²) in [7, 11) is -4.12. The van der Waals surface area contributed by atoms with Crippen LogP contribution in [0.25, 0.3) is 0 Å². The van der Waals surface area contributed by atoms with Crippen molar-refractivity contribution >= 4 is 31.5 Å². The molecule has 38 heavy (non-hydrogen) atoms. The highest BCUT2D eigenvalue weighted by Gasteiger charge is 2.55. The van der Waals surface area contributed by atoms with Crippen LogP contribution in [0.4, 0.5) is 0 Å². The predicted octanol–water partition coefficient (Wildman–Crippen LogP) is 6.47. The SMILES string of the molecule is CCCCCCCCCC(O[Si](C)(C)C(C)(C)C)[P+](c1ccccc1)(c1ccccc1)c1ccccc1.[Br-]. The van der Waals surface area contributed by atoms with E-state index >= 15 is 0 Å². The van der Waals surface area contributed by atoms with E-state index in [1.54, 1.807) is 0 Å². The van der Waals surface area contributed by atoms with Crippen LogP contribution in [0.5, 0.6) is 0 Å². The van der Waals surface area contributed by atoms with Crippen LogP contribution < -0.4 is 32.9 Å². The van der Waals surface area contributed by atoms with Gasteiger partial charge in [-0.25, -0.2) is 0 Å². The summed E-state index contributed by atoms with van der Waals surface area (Å²) in [4.78, 5) is 0. The zero-order valence-electron chi connectivity index (χ0n) is 24.6. The molecule has 208 valence electrons. The lowest BCUT2D eigenvalue weighted by atomic mass is 10.1. The van der Waals surface area contributed by atoms with Crippen molar-refractivity contribution in [2.45, 2.75) is 103 Å². The van der Waals surface area contributed by atoms with E-state index in [9.17, 15) is 0 Å². The summed E-state index contributed by atoms with van der Waals surface area (Å²) >= 11 is 0. The lowest BCUT2D eigenvalue weighted by Gasteiger charge is -2.43. The Balaban J connectivity index is 0.00000507. The minimum Gasteiger partial charge on any atom is -1.00 e. The first kappa shape index (κ1) is 33.0. The molecule has 1 atom stereocenters. The molecule has 1 unspecified atom stereocenters. The van der Waals surface area contributed by atoms with Crippen molar-refractivity contribution in [3.05, 3.63) is 91.0 Å². The Morgan fingerprint density at radius 2 is 1.00 bits per heavy atom. The smallest absolute Gasteiger partial charge is 0.197 e. The van der Waals surface area contributed by atoms with Crippen molar-refractivity contribution in [3.8, 4) is 0 Å². The van der Waals surface area contributed by atoms with Crippen molar-refractivity contribution in [3.63, 3.8) is 0 Å². The third kappa shape index (κ3) is 8.13. The molecule has 0 bridgehead atoms. The van der Waals surface area contributed by atoms with Gasteiger partial charge in [-0.15, -0.1) is 0 Å². The van der Waals surface area contributed by atoms with Gasteiger partial charge in [-0.3, -0.25) is 0 Å². The Kier molecular flexibility index (Phi) is 13.5. The van der Waals surface area contributed by atoms with Gasteiger partial charge < -0.3 is 21.4 Å². The Bertz CT molecular complexity index is 938. The predicted molar refractivity (Wildman–Crippen MR) is 170 cm³/mol. The molecule has 3 aromatic carbocycles. The molecule has 0 aliphatic heterocycles. The molecule has 0 saturated heterocycles. The van der Waals surface area contributed by atoms with Gasteiger partial charge in [0.05, 0.1) is 0 Å². The highest BCUT2D eigenvalue weighted by molar-refractivity contribution is 7.96. The standard InChI is InChI=1S/C34H50OPSi.BrH/c1-7-8-9-10-11-12-22-29-33(35-37(5,6)34(2,3)4)36(30-23-16-13-17-24-30,31-25-18-14-19-26-31)32-27-20-15-21-28-32;/h13-21,23-28,33H,7-12,22,29H2,1-6H3;1H/q+1;/p-1. The lowest BCUT2D eigenvalue weighted by Crippen LogP contribution is -3.00. The number of hydrogen-bond donors (Lipinski definition) is 0. The first-order chi connectivity index (χ1) is 17.7. The largest absolute Gasteiger partial charge is 1.00 e. The van der Waals surface area contributed by atoms with Crippen molar-refractivity contribution in [1.82, 2.24) is 0 Å². The number of rotatable bonds is 14. The molecule has 0 N–H and O–H groups in total. The zero-order chi connectivity index (χ0) is 26.8. The summed E-state index contributed by atoms with van der Waals surface area (Å²) in [5.41, 5.74) is 0. The molecule has 0 radical (unpaired) electrons. The van der Waals surface area contributed by atoms with Crippen LogP contribution in [0.2, 0.25) is 18.1 Å². The molecule has 0 fully saturated rings. The Morgan fingerprint density at radius 1 is 0.632 bits per heavy atom. The van der Waals surface area contributed by atoms with E-state index < -0.39 is 15.6 Å². The van der Waals surface area contributed by atoms with E-state index in [1.165, 1.54) is 60.9 Å². The molecule has 0 aromatic heterocycles. The average Bonchev–Trinajstić information content (AvgIpc) is 2.89. The van der Waals surface area contributed by atoms with Crippen molar-refractivity contribution in [1.29, 1.82) is 0 Å². The number of unbranched alkanes of at least 4 members (excludes halogenated alkanes) is 6. The molecular formula is C34H50BrOPSi. The van der Waals surface area contributed by atoms with Gasteiger partial charge in [-0.1, -0.05) is 121 Å². The van der Waals surface area contributed by atoms with Crippen LogP contribution >= 0.6 is 7.26 Å². The summed E-state index contributed by atoms with van der Waals surface area (Å²) in [5, 5.41) is 4.45. The second-order valence-electron chi connectivity index (χ2n) is 12.0. The van der Waals surface area contributed by atoms with Gasteiger partial charge in [0.15, 0.2) is 14.2 Å². The van der Waals surface area contributed by atoms with Crippen molar-refractivity contribution in [2.24, 2.45) is 0 Å². The Morgan fingerprint density at radius 3 is 1.37 bits per heavy atom. The maximum Gasteiger partial charge on any atom is 0.197 e. The topological polar surface area (TPSA) is 9.23 Å². The summed E-state index contributed by atoms with van der Waals surface area (Å²) in [5.74, 6) is 0.163. The summed E-state index contributed by atoms with van der Waals surface area (Å²) in [6.45, 7) is 14.3. The van der Waals surface area contributed by atoms with Crippen LogP contribution in [0.15, 0.2) is 91.0 Å². The van der Waals surface area contributed by atoms with Crippen LogP contribution in [-0.4, -0.2) is 14.2 Å². The molecule has 3 aromatic rings. The van der Waals surface area contributed by atoms with Gasteiger partial charge in [-0.05, 0) is 61.0 Å². The Hall–Kier alpha value is -1.25. The molecule has 3 rings (SSSR count). The fourth-order valence-corrected chi connectivity index (χ4v) is 12.0. The summed E-state index contributed by atoms with van der Waals surface area (Å²) in [6.07, 6.45) is 10.3. The Labute approximate surface area is 246 Å². The summed E-state index contributed by atoms with van der Waals surface area (Å²) < 4.78 is 7.56. The average molecular weight is 614 g/mol. The second-order valence-corrected chi connectivity index (χ2v) is 20.3. The monoisotopic (exact) mass is 612 g/mol. The van der Waals surface area contributed by atoms with E-state index in [-0.39, 0.29) is 27.9 Å². The van der Waals surface area contributed by atoms with Gasteiger partial charge in [0.25, 0.3) is 0 Å². The van der Waals surface area contributed by atoms with Crippen molar-refractivity contribution in [2.75, 3.05) is 0 Å². The fraction of sp³-hybridized carbons (Fsp3) is 0.471. The van der Waals surface area contributed by atoms with E-state index in [0.717, 1.165) is 6.42 Å². The highest BCUT2D eigenvalue weighted by Crippen LogP contribution is 2.62. The number of hydrogen-bond acceptors (Lipinski definition) is 1. The first-order valence-electron chi connectivity index (χ1n) is 14.5. The lowest BCUT2D eigenvalue weighted by molar-refractivity contribution is -0.00000889. The molecular weight excluding hydrogens is 563 g/mol. The normalized spacial score (nSPS) is 13.1. The van der Waals surface area contributed by atoms with Gasteiger partial charge in [-0.2, -0.15) is 0 Å². The van der Waals surface area contributed by atoms with E-state index in [0.29, 0.717) is 0 Å². The quantitative estimate of drug-likeness (QED) is 0.115. The molecule has 0 amide bonds. The molecule has 0 aliphatic carbocycles. The highest BCUT2D eigenvalue weighted by atomic mass is 79.9. The molecule has 1 nitrogen and oxygen atoms in total. The number of halogens is 1. The molecule has 0 heterocycles. The summed E-state index contributed by atoms with van der Waals surface area (Å²) in [6, 6.07) is 33.9. The van der Waals surface area contributed by atoms with E-state index in [4.69, 9.17) is 4.43 Å². The van der Waals surface area contributed by atoms with Crippen LogP contribution in [0.3, 0.4) is 0 Å². The fourth-order valence-electron chi connectivity index (χ4n) is 5.06. The second kappa shape index (κ2) is 15.5. The minimum absolute atomic E-state index is 0. The maximum absolute atomic E-state index is 7.56. The van der Waals surface area contributed by atoms with Crippen LogP contribution in [-0.2, 0) is 4.43 Å². The van der Waals surface area contributed by atoms with E-state index in [1.807, 2.05) is 0 Å². The number of benzene rings is 3. The van der Waals surface area contributed by atoms with Crippen molar-refractivity contribution < 1.29 is 21.4 Å². The maximum atomic E-state index is 7.56. The zero-order valence-corrected chi connectivity index (χ0v) is 28.1. The molecule has 0 saturated carbocycles.